The van der Waals surface area contributed by atoms with Crippen LogP contribution in [0.2, 0.25) is 0 Å². The van der Waals surface area contributed by atoms with Crippen molar-refractivity contribution in [3.05, 3.63) is 6.92 Å². The van der Waals surface area contributed by atoms with E-state index >= 15 is 0 Å². The Hall–Kier alpha value is -0.530. The van der Waals surface area contributed by atoms with Gasteiger partial charge in [0.15, 0.2) is 0 Å². The molecule has 0 aromatic rings. The van der Waals surface area contributed by atoms with Crippen LogP contribution in [-0.4, -0.2) is 11.1 Å². The molecule has 0 amide bonds. The Morgan fingerprint density at radius 1 is 2.00 bits per heavy atom. The van der Waals surface area contributed by atoms with Crippen LogP contribution in [0.25, 0.3) is 0 Å². The predicted molar refractivity (Wildman–Crippen MR) is 26.8 cm³/mol. The zero-order chi connectivity index (χ0) is 5.86. The summed E-state index contributed by atoms with van der Waals surface area (Å²) in [7, 11) is 0. The van der Waals surface area contributed by atoms with E-state index in [-0.39, 0.29) is 5.92 Å². The van der Waals surface area contributed by atoms with Crippen LogP contribution in [0, 0.1) is 12.8 Å². The van der Waals surface area contributed by atoms with Crippen molar-refractivity contribution in [3.63, 3.8) is 0 Å². The third-order valence-corrected chi connectivity index (χ3v) is 0.855. The second-order valence-electron chi connectivity index (χ2n) is 1.53. The number of carboxylic acids is 1. The number of rotatable bonds is 2. The lowest BCUT2D eigenvalue weighted by molar-refractivity contribution is -0.140. The molecule has 0 bridgehead atoms. The van der Waals surface area contributed by atoms with Crippen LogP contribution >= 0.6 is 0 Å². The molecule has 1 N–H and O–H groups in total. The van der Waals surface area contributed by atoms with Crippen molar-refractivity contribution in [2.75, 3.05) is 0 Å². The zero-order valence-electron chi connectivity index (χ0n) is 4.35. The Kier molecular flexibility index (Phi) is 2.41. The van der Waals surface area contributed by atoms with Crippen molar-refractivity contribution in [2.24, 2.45) is 5.92 Å². The van der Waals surface area contributed by atoms with E-state index < -0.39 is 5.97 Å². The molecule has 0 saturated heterocycles. The summed E-state index contributed by atoms with van der Waals surface area (Å²) in [6.45, 7) is 5.06. The Bertz CT molecular complexity index is 68.5. The lowest BCUT2D eigenvalue weighted by Gasteiger charge is -1.96. The first-order chi connectivity index (χ1) is 3.18. The molecular weight excluding hydrogens is 92.1 g/mol. The molecular formula is C5H9O2. The van der Waals surface area contributed by atoms with Crippen molar-refractivity contribution >= 4 is 5.97 Å². The second-order valence-corrected chi connectivity index (χ2v) is 1.53. The highest BCUT2D eigenvalue weighted by molar-refractivity contribution is 5.69. The number of hydrogen-bond acceptors (Lipinski definition) is 1. The van der Waals surface area contributed by atoms with E-state index in [1.807, 2.05) is 0 Å². The molecule has 2 nitrogen and oxygen atoms in total. The van der Waals surface area contributed by atoms with Gasteiger partial charge in [-0.2, -0.15) is 0 Å². The van der Waals surface area contributed by atoms with Gasteiger partial charge >= 0.3 is 5.97 Å². The third-order valence-electron chi connectivity index (χ3n) is 0.855. The van der Waals surface area contributed by atoms with Gasteiger partial charge in [0.1, 0.15) is 0 Å². The Morgan fingerprint density at radius 2 is 2.43 bits per heavy atom. The van der Waals surface area contributed by atoms with E-state index in [0.717, 1.165) is 0 Å². The fourth-order valence-corrected chi connectivity index (χ4v) is 0.123. The van der Waals surface area contributed by atoms with Crippen molar-refractivity contribution in [2.45, 2.75) is 13.3 Å². The van der Waals surface area contributed by atoms with E-state index in [1.165, 1.54) is 0 Å². The topological polar surface area (TPSA) is 37.3 Å². The minimum atomic E-state index is -0.769. The normalized spacial score (nSPS) is 13.4. The Morgan fingerprint density at radius 3 is 2.43 bits per heavy atom. The maximum Gasteiger partial charge on any atom is 0.306 e. The number of hydrogen-bond donors (Lipinski definition) is 1. The number of carbonyl (C=O) groups is 1. The van der Waals surface area contributed by atoms with E-state index in [1.54, 1.807) is 6.92 Å². The molecule has 1 atom stereocenters. The maximum atomic E-state index is 9.89. The second kappa shape index (κ2) is 2.61. The van der Waals surface area contributed by atoms with Gasteiger partial charge in [0.2, 0.25) is 0 Å². The first-order valence-corrected chi connectivity index (χ1v) is 2.20. The summed E-state index contributed by atoms with van der Waals surface area (Å²) in [5, 5.41) is 8.14. The summed E-state index contributed by atoms with van der Waals surface area (Å²) in [6.07, 6.45) is 0.468. The van der Waals surface area contributed by atoms with Crippen LogP contribution in [0.5, 0.6) is 0 Å². The highest BCUT2D eigenvalue weighted by Gasteiger charge is 2.05. The third kappa shape index (κ3) is 2.20. The molecule has 1 radical (unpaired) electrons. The lowest BCUT2D eigenvalue weighted by Crippen LogP contribution is -2.06. The van der Waals surface area contributed by atoms with Gasteiger partial charge in [-0.1, -0.05) is 13.8 Å². The molecule has 1 unspecified atom stereocenters. The SMILES string of the molecule is [CH2]CC(C)C(=O)O. The molecule has 0 aromatic heterocycles. The van der Waals surface area contributed by atoms with Crippen molar-refractivity contribution < 1.29 is 9.90 Å². The van der Waals surface area contributed by atoms with Gasteiger partial charge < -0.3 is 5.11 Å². The molecule has 0 aliphatic rings. The highest BCUT2D eigenvalue weighted by atomic mass is 16.4. The Balaban J connectivity index is 3.34. The van der Waals surface area contributed by atoms with Gasteiger partial charge in [0.05, 0.1) is 5.92 Å². The minimum absolute atomic E-state index is 0.292. The fourth-order valence-electron chi connectivity index (χ4n) is 0.123. The fraction of sp³-hybridized carbons (Fsp3) is 0.600. The average molecular weight is 101 g/mol. The van der Waals surface area contributed by atoms with Crippen LogP contribution in [-0.2, 0) is 4.79 Å². The highest BCUT2D eigenvalue weighted by Crippen LogP contribution is 1.97. The first-order valence-electron chi connectivity index (χ1n) is 2.20. The first kappa shape index (κ1) is 6.47. The molecule has 0 aromatic carbocycles. The van der Waals surface area contributed by atoms with Crippen LogP contribution in [0.4, 0.5) is 0 Å². The van der Waals surface area contributed by atoms with E-state index in [2.05, 4.69) is 6.92 Å². The largest absolute Gasteiger partial charge is 0.481 e. The molecule has 0 aliphatic heterocycles. The van der Waals surface area contributed by atoms with Crippen LogP contribution in [0.15, 0.2) is 0 Å². The molecule has 0 aliphatic carbocycles. The molecule has 41 valence electrons. The molecule has 2 heteroatoms. The number of aliphatic carboxylic acids is 1. The number of carboxylic acid groups (broad SMARTS) is 1. The van der Waals surface area contributed by atoms with Gasteiger partial charge in [-0.3, -0.25) is 4.79 Å². The summed E-state index contributed by atoms with van der Waals surface area (Å²) < 4.78 is 0. The van der Waals surface area contributed by atoms with Gasteiger partial charge in [-0.05, 0) is 6.42 Å². The van der Waals surface area contributed by atoms with Crippen LogP contribution in [0.1, 0.15) is 13.3 Å². The summed E-state index contributed by atoms with van der Waals surface area (Å²) in [5.41, 5.74) is 0. The Labute approximate surface area is 43.2 Å². The molecule has 0 fully saturated rings. The monoisotopic (exact) mass is 101 g/mol. The van der Waals surface area contributed by atoms with Crippen molar-refractivity contribution in [1.82, 2.24) is 0 Å². The summed E-state index contributed by atoms with van der Waals surface area (Å²) in [6, 6.07) is 0. The molecule has 0 spiro atoms. The van der Waals surface area contributed by atoms with Gasteiger partial charge in [-0.15, -0.1) is 0 Å². The molecule has 0 rings (SSSR count). The maximum absolute atomic E-state index is 9.89. The van der Waals surface area contributed by atoms with Crippen molar-refractivity contribution in [3.8, 4) is 0 Å². The van der Waals surface area contributed by atoms with Crippen LogP contribution in [0.3, 0.4) is 0 Å². The van der Waals surface area contributed by atoms with E-state index in [0.29, 0.717) is 6.42 Å². The van der Waals surface area contributed by atoms with E-state index in [9.17, 15) is 4.79 Å². The van der Waals surface area contributed by atoms with Gasteiger partial charge in [0.25, 0.3) is 0 Å². The van der Waals surface area contributed by atoms with Crippen LogP contribution < -0.4 is 0 Å². The lowest BCUT2D eigenvalue weighted by atomic mass is 10.1. The molecule has 0 heterocycles. The standard InChI is InChI=1S/C5H9O2/c1-3-4(2)5(6)7/h4H,1,3H2,2H3,(H,6,7). The quantitative estimate of drug-likeness (QED) is 0.561. The summed E-state index contributed by atoms with van der Waals surface area (Å²) in [4.78, 5) is 9.89. The summed E-state index contributed by atoms with van der Waals surface area (Å²) in [5.74, 6) is -1.06. The zero-order valence-corrected chi connectivity index (χ0v) is 4.35. The molecule has 7 heavy (non-hydrogen) atoms. The smallest absolute Gasteiger partial charge is 0.306 e. The van der Waals surface area contributed by atoms with Gasteiger partial charge in [-0.25, -0.2) is 0 Å². The molecule has 0 saturated carbocycles. The average Bonchev–Trinajstić information content (AvgIpc) is 1.65. The predicted octanol–water partition coefficient (Wildman–Crippen LogP) is 0.931. The van der Waals surface area contributed by atoms with Gasteiger partial charge in [0, 0.05) is 0 Å². The van der Waals surface area contributed by atoms with Crippen molar-refractivity contribution in [1.29, 1.82) is 0 Å². The summed E-state index contributed by atoms with van der Waals surface area (Å²) >= 11 is 0. The van der Waals surface area contributed by atoms with E-state index in [4.69, 9.17) is 5.11 Å². The minimum Gasteiger partial charge on any atom is -0.481 e.